The lowest BCUT2D eigenvalue weighted by Gasteiger charge is -1.99. The lowest BCUT2D eigenvalue weighted by atomic mass is 10.3. The molecular weight excluding hydrogens is 232 g/mol. The minimum atomic E-state index is -1.40. The van der Waals surface area contributed by atoms with Crippen LogP contribution in [0.4, 0.5) is 0 Å². The monoisotopic (exact) mass is 236 g/mol. The summed E-state index contributed by atoms with van der Waals surface area (Å²) in [4.78, 5) is 10.7. The van der Waals surface area contributed by atoms with E-state index in [9.17, 15) is 4.79 Å². The second-order valence-corrected chi connectivity index (χ2v) is 3.77. The number of thiophene rings is 1. The van der Waals surface area contributed by atoms with Crippen LogP contribution in [0.3, 0.4) is 0 Å². The van der Waals surface area contributed by atoms with Crippen LogP contribution in [-0.2, 0) is 4.79 Å². The Bertz CT molecular complexity index is 271. The van der Waals surface area contributed by atoms with E-state index in [-0.39, 0.29) is 0 Å². The lowest BCUT2D eigenvalue weighted by Crippen LogP contribution is -2.08. The molecule has 1 heterocycles. The van der Waals surface area contributed by atoms with Gasteiger partial charge in [0.2, 0.25) is 0 Å². The van der Waals surface area contributed by atoms with E-state index in [0.717, 1.165) is 4.47 Å². The Hall–Kier alpha value is -0.390. The third-order valence-corrected chi connectivity index (χ3v) is 2.84. The van der Waals surface area contributed by atoms with E-state index in [1.165, 1.54) is 11.3 Å². The zero-order chi connectivity index (χ0) is 8.43. The molecule has 1 rings (SSSR count). The van der Waals surface area contributed by atoms with Gasteiger partial charge in [-0.3, -0.25) is 0 Å². The van der Waals surface area contributed by atoms with Gasteiger partial charge in [0.25, 0.3) is 0 Å². The fourth-order valence-electron chi connectivity index (χ4n) is 0.593. The van der Waals surface area contributed by atoms with E-state index in [4.69, 9.17) is 10.2 Å². The summed E-state index contributed by atoms with van der Waals surface area (Å²) in [6.07, 6.45) is -1.40. The summed E-state index contributed by atoms with van der Waals surface area (Å²) in [7, 11) is 0. The van der Waals surface area contributed by atoms with Crippen LogP contribution >= 0.6 is 27.3 Å². The highest BCUT2D eigenvalue weighted by Crippen LogP contribution is 2.25. The Balaban J connectivity index is 2.84. The van der Waals surface area contributed by atoms with Crippen molar-refractivity contribution < 1.29 is 15.0 Å². The van der Waals surface area contributed by atoms with E-state index in [1.54, 1.807) is 11.4 Å². The van der Waals surface area contributed by atoms with Crippen LogP contribution in [0.1, 0.15) is 11.0 Å². The largest absolute Gasteiger partial charge is 0.479 e. The maximum atomic E-state index is 10.3. The van der Waals surface area contributed by atoms with E-state index in [1.807, 2.05) is 0 Å². The SMILES string of the molecule is O=C(O)[C@@H](O)c1cc(Br)cs1. The summed E-state index contributed by atoms with van der Waals surface area (Å²) < 4.78 is 0.790. The fourth-order valence-corrected chi connectivity index (χ4v) is 2.01. The van der Waals surface area contributed by atoms with Gasteiger partial charge in [0.05, 0.1) is 0 Å². The molecule has 0 saturated heterocycles. The molecule has 0 spiro atoms. The highest BCUT2D eigenvalue weighted by molar-refractivity contribution is 9.10. The second-order valence-electron chi connectivity index (χ2n) is 1.91. The summed E-state index contributed by atoms with van der Waals surface area (Å²) in [5.74, 6) is -1.22. The van der Waals surface area contributed by atoms with E-state index < -0.39 is 12.1 Å². The number of carboxylic acids is 1. The van der Waals surface area contributed by atoms with E-state index in [0.29, 0.717) is 4.88 Å². The van der Waals surface area contributed by atoms with Gasteiger partial charge in [-0.2, -0.15) is 0 Å². The van der Waals surface area contributed by atoms with Gasteiger partial charge < -0.3 is 10.2 Å². The fraction of sp³-hybridized carbons (Fsp3) is 0.167. The lowest BCUT2D eigenvalue weighted by molar-refractivity contribution is -0.146. The van der Waals surface area contributed by atoms with Gasteiger partial charge in [-0.05, 0) is 22.0 Å². The molecule has 0 aromatic carbocycles. The van der Waals surface area contributed by atoms with Crippen molar-refractivity contribution in [2.75, 3.05) is 0 Å². The summed E-state index contributed by atoms with van der Waals surface area (Å²) in [6.45, 7) is 0. The average Bonchev–Trinajstić information content (AvgIpc) is 2.34. The van der Waals surface area contributed by atoms with Crippen molar-refractivity contribution in [2.24, 2.45) is 0 Å². The maximum absolute atomic E-state index is 10.3. The van der Waals surface area contributed by atoms with Crippen molar-refractivity contribution in [2.45, 2.75) is 6.10 Å². The Morgan fingerprint density at radius 2 is 2.36 bits per heavy atom. The van der Waals surface area contributed by atoms with Gasteiger partial charge in [-0.25, -0.2) is 4.79 Å². The van der Waals surface area contributed by atoms with Crippen molar-refractivity contribution >= 4 is 33.2 Å². The molecule has 3 nitrogen and oxygen atoms in total. The molecule has 60 valence electrons. The molecule has 5 heteroatoms. The van der Waals surface area contributed by atoms with Crippen molar-refractivity contribution in [1.29, 1.82) is 0 Å². The molecular formula is C6H5BrO3S. The highest BCUT2D eigenvalue weighted by Gasteiger charge is 2.17. The third kappa shape index (κ3) is 2.02. The van der Waals surface area contributed by atoms with Crippen LogP contribution in [0.5, 0.6) is 0 Å². The first-order valence-electron chi connectivity index (χ1n) is 2.76. The minimum absolute atomic E-state index is 0.435. The van der Waals surface area contributed by atoms with Crippen LogP contribution in [0.25, 0.3) is 0 Å². The molecule has 0 radical (unpaired) electrons. The summed E-state index contributed by atoms with van der Waals surface area (Å²) in [5, 5.41) is 19.1. The number of hydrogen-bond donors (Lipinski definition) is 2. The second kappa shape index (κ2) is 3.34. The van der Waals surface area contributed by atoms with Crippen molar-refractivity contribution in [3.8, 4) is 0 Å². The van der Waals surface area contributed by atoms with Crippen LogP contribution in [0.15, 0.2) is 15.9 Å². The van der Waals surface area contributed by atoms with E-state index >= 15 is 0 Å². The zero-order valence-electron chi connectivity index (χ0n) is 5.32. The van der Waals surface area contributed by atoms with E-state index in [2.05, 4.69) is 15.9 Å². The summed E-state index contributed by atoms with van der Waals surface area (Å²) in [5.41, 5.74) is 0. The molecule has 0 unspecified atom stereocenters. The number of carboxylic acid groups (broad SMARTS) is 1. The average molecular weight is 237 g/mol. The molecule has 1 aromatic rings. The van der Waals surface area contributed by atoms with Gasteiger partial charge in [0.1, 0.15) is 0 Å². The molecule has 11 heavy (non-hydrogen) atoms. The van der Waals surface area contributed by atoms with Gasteiger partial charge in [0, 0.05) is 14.7 Å². The number of aliphatic carboxylic acids is 1. The normalized spacial score (nSPS) is 12.9. The molecule has 0 saturated carbocycles. The molecule has 0 aliphatic carbocycles. The maximum Gasteiger partial charge on any atom is 0.338 e. The molecule has 2 N–H and O–H groups in total. The zero-order valence-corrected chi connectivity index (χ0v) is 7.72. The number of aliphatic hydroxyl groups is 1. The molecule has 0 aliphatic heterocycles. The summed E-state index contributed by atoms with van der Waals surface area (Å²) in [6, 6.07) is 1.59. The molecule has 1 aromatic heterocycles. The van der Waals surface area contributed by atoms with Gasteiger partial charge in [0.15, 0.2) is 6.10 Å². The Kier molecular flexibility index (Phi) is 2.64. The van der Waals surface area contributed by atoms with Gasteiger partial charge >= 0.3 is 5.97 Å². The topological polar surface area (TPSA) is 57.5 Å². The number of hydrogen-bond acceptors (Lipinski definition) is 3. The Morgan fingerprint density at radius 1 is 1.73 bits per heavy atom. The molecule has 0 amide bonds. The number of rotatable bonds is 2. The smallest absolute Gasteiger partial charge is 0.338 e. The number of halogens is 1. The first kappa shape index (κ1) is 8.70. The third-order valence-electron chi connectivity index (χ3n) is 1.09. The van der Waals surface area contributed by atoms with Crippen molar-refractivity contribution in [1.82, 2.24) is 0 Å². The number of aliphatic hydroxyl groups excluding tert-OH is 1. The molecule has 1 atom stereocenters. The van der Waals surface area contributed by atoms with Crippen LogP contribution < -0.4 is 0 Å². The Labute approximate surface area is 75.4 Å². The predicted molar refractivity (Wildman–Crippen MR) is 44.6 cm³/mol. The first-order valence-corrected chi connectivity index (χ1v) is 4.43. The Morgan fingerprint density at radius 3 is 2.73 bits per heavy atom. The highest BCUT2D eigenvalue weighted by atomic mass is 79.9. The quantitative estimate of drug-likeness (QED) is 0.821. The van der Waals surface area contributed by atoms with Crippen LogP contribution in [0, 0.1) is 0 Å². The standard InChI is InChI=1S/C6H5BrO3S/c7-3-1-4(11-2-3)5(8)6(9)10/h1-2,5,8H,(H,9,10)/t5-/m0/s1. The van der Waals surface area contributed by atoms with Crippen molar-refractivity contribution in [3.05, 3.63) is 20.8 Å². The molecule has 0 fully saturated rings. The molecule has 0 aliphatic rings. The predicted octanol–water partition coefficient (Wildman–Crippen LogP) is 1.63. The van der Waals surface area contributed by atoms with Crippen LogP contribution in [-0.4, -0.2) is 16.2 Å². The minimum Gasteiger partial charge on any atom is -0.479 e. The van der Waals surface area contributed by atoms with Gasteiger partial charge in [-0.15, -0.1) is 11.3 Å². The van der Waals surface area contributed by atoms with Crippen LogP contribution in [0.2, 0.25) is 0 Å². The van der Waals surface area contributed by atoms with Crippen molar-refractivity contribution in [3.63, 3.8) is 0 Å². The number of carbonyl (C=O) groups is 1. The van der Waals surface area contributed by atoms with Gasteiger partial charge in [-0.1, -0.05) is 0 Å². The molecule has 0 bridgehead atoms. The first-order chi connectivity index (χ1) is 5.11. The summed E-state index contributed by atoms with van der Waals surface area (Å²) >= 11 is 4.36.